The lowest BCUT2D eigenvalue weighted by atomic mass is 9.81. The fourth-order valence-corrected chi connectivity index (χ4v) is 13.0. The molecule has 11 aromatic carbocycles. The molecule has 11 aromatic rings. The van der Waals surface area contributed by atoms with Gasteiger partial charge in [0.15, 0.2) is 0 Å². The van der Waals surface area contributed by atoms with Crippen molar-refractivity contribution in [3.05, 3.63) is 228 Å². The first-order valence-electron chi connectivity index (χ1n) is 31.2. The minimum Gasteiger partial charge on any atom is -0.274 e. The number of carbonyl (C=O) groups is 2. The molecule has 1 aliphatic rings. The average molecular weight is 1080 g/mol. The molecule has 0 aliphatic carbocycles. The van der Waals surface area contributed by atoms with E-state index in [1.165, 1.54) is 95.9 Å². The Morgan fingerprint density at radius 2 is 0.542 bits per heavy atom. The molecule has 1 aliphatic heterocycles. The van der Waals surface area contributed by atoms with Crippen LogP contribution in [0.1, 0.15) is 142 Å². The average Bonchev–Trinajstić information content (AvgIpc) is 4.02. The van der Waals surface area contributed by atoms with E-state index in [1.807, 2.05) is 0 Å². The summed E-state index contributed by atoms with van der Waals surface area (Å²) in [5.74, 6) is -0.464. The molecular formula is C80H77NO2. The highest BCUT2D eigenvalue weighted by Gasteiger charge is 2.40. The van der Waals surface area contributed by atoms with Gasteiger partial charge >= 0.3 is 0 Å². The van der Waals surface area contributed by atoms with Crippen molar-refractivity contribution in [3.63, 3.8) is 0 Å². The van der Waals surface area contributed by atoms with Crippen LogP contribution in [0.15, 0.2) is 194 Å². The van der Waals surface area contributed by atoms with E-state index in [9.17, 15) is 0 Å². The first-order valence-corrected chi connectivity index (χ1v) is 31.2. The summed E-state index contributed by atoms with van der Waals surface area (Å²) in [4.78, 5) is 32.7. The molecule has 414 valence electrons. The van der Waals surface area contributed by atoms with E-state index in [0.29, 0.717) is 17.7 Å². The minimum atomic E-state index is -0.232. The van der Waals surface area contributed by atoms with Crippen molar-refractivity contribution in [2.75, 3.05) is 6.54 Å². The van der Waals surface area contributed by atoms with Crippen molar-refractivity contribution in [2.45, 2.75) is 125 Å². The molecule has 0 fully saturated rings. The van der Waals surface area contributed by atoms with Crippen LogP contribution < -0.4 is 0 Å². The third-order valence-electron chi connectivity index (χ3n) is 17.7. The smallest absolute Gasteiger partial charge is 0.262 e. The number of fused-ring (bicyclic) bond motifs is 5. The molecule has 3 nitrogen and oxygen atoms in total. The summed E-state index contributed by atoms with van der Waals surface area (Å²) < 4.78 is 0. The number of amides is 2. The highest BCUT2D eigenvalue weighted by molar-refractivity contribution is 6.27. The Bertz CT molecular complexity index is 3980. The number of hydrogen-bond donors (Lipinski definition) is 0. The third-order valence-corrected chi connectivity index (χ3v) is 17.7. The lowest BCUT2D eigenvalue weighted by Gasteiger charge is -2.21. The number of rotatable bonds is 21. The Labute approximate surface area is 492 Å². The molecule has 0 unspecified atom stereocenters. The van der Waals surface area contributed by atoms with E-state index in [-0.39, 0.29) is 11.8 Å². The fraction of sp³-hybridized carbons (Fsp3) is 0.250. The molecule has 0 atom stereocenters. The van der Waals surface area contributed by atoms with Gasteiger partial charge < -0.3 is 0 Å². The van der Waals surface area contributed by atoms with Crippen LogP contribution in [0.2, 0.25) is 0 Å². The minimum absolute atomic E-state index is 0.232. The van der Waals surface area contributed by atoms with Crippen LogP contribution in [0.25, 0.3) is 110 Å². The van der Waals surface area contributed by atoms with E-state index in [4.69, 9.17) is 0 Å². The second-order valence-corrected chi connectivity index (χ2v) is 23.5. The van der Waals surface area contributed by atoms with Crippen molar-refractivity contribution in [2.24, 2.45) is 0 Å². The van der Waals surface area contributed by atoms with Gasteiger partial charge in [-0.05, 0) is 214 Å². The highest BCUT2D eigenvalue weighted by Crippen LogP contribution is 2.49. The highest BCUT2D eigenvalue weighted by atomic mass is 16.2. The van der Waals surface area contributed by atoms with Crippen molar-refractivity contribution in [3.8, 4) is 66.8 Å². The van der Waals surface area contributed by atoms with E-state index >= 15 is 9.59 Å². The zero-order valence-corrected chi connectivity index (χ0v) is 49.3. The maximum Gasteiger partial charge on any atom is 0.262 e. The molecule has 0 bridgehead atoms. The third kappa shape index (κ3) is 11.1. The molecule has 0 radical (unpaired) electrons. The number of aryl methyl sites for hydroxylation is 4. The molecule has 0 saturated carbocycles. The zero-order chi connectivity index (χ0) is 57.0. The second-order valence-electron chi connectivity index (χ2n) is 23.5. The summed E-state index contributed by atoms with van der Waals surface area (Å²) in [6.07, 6.45) is 15.1. The van der Waals surface area contributed by atoms with E-state index in [2.05, 4.69) is 229 Å². The molecule has 12 rings (SSSR count). The van der Waals surface area contributed by atoms with Crippen LogP contribution in [-0.4, -0.2) is 23.3 Å². The SMILES string of the molecule is CCCCc1ccc2cc(-c3cccc(-c4ccc(-c5cccc(-c6ccc7cc(CCCC)ccc7c6)c5-c5ccc6cc(CCCC)ccc6c5)c5c4C(=O)N(CCCC)C5=O)c3-c3ccc4cc(CCCC)ccc4c3)ccc2c1. The van der Waals surface area contributed by atoms with E-state index in [0.717, 1.165) is 131 Å². The number of nitrogens with zero attached hydrogens (tertiary/aromatic N) is 1. The number of benzene rings is 11. The summed E-state index contributed by atoms with van der Waals surface area (Å²) in [5, 5.41) is 9.60. The summed E-state index contributed by atoms with van der Waals surface area (Å²) in [6, 6.07) is 72.3. The lowest BCUT2D eigenvalue weighted by molar-refractivity contribution is 0.0652. The summed E-state index contributed by atoms with van der Waals surface area (Å²) in [7, 11) is 0. The zero-order valence-electron chi connectivity index (χ0n) is 49.3. The summed E-state index contributed by atoms with van der Waals surface area (Å²) >= 11 is 0. The first-order chi connectivity index (χ1) is 40.7. The lowest BCUT2D eigenvalue weighted by Crippen LogP contribution is -2.30. The van der Waals surface area contributed by atoms with Gasteiger partial charge in [0, 0.05) is 6.54 Å². The number of unbranched alkanes of at least 4 members (excludes halogenated alkanes) is 5. The topological polar surface area (TPSA) is 37.4 Å². The molecule has 1 heterocycles. The largest absolute Gasteiger partial charge is 0.274 e. The first kappa shape index (κ1) is 55.2. The van der Waals surface area contributed by atoms with Crippen LogP contribution >= 0.6 is 0 Å². The Kier molecular flexibility index (Phi) is 16.3. The Morgan fingerprint density at radius 3 is 0.880 bits per heavy atom. The molecule has 0 spiro atoms. The molecule has 0 aromatic heterocycles. The van der Waals surface area contributed by atoms with Crippen LogP contribution in [0.4, 0.5) is 0 Å². The van der Waals surface area contributed by atoms with Crippen molar-refractivity contribution < 1.29 is 9.59 Å². The Balaban J connectivity index is 1.08. The van der Waals surface area contributed by atoms with E-state index < -0.39 is 0 Å². The van der Waals surface area contributed by atoms with Crippen LogP contribution in [-0.2, 0) is 25.7 Å². The van der Waals surface area contributed by atoms with Crippen molar-refractivity contribution in [1.82, 2.24) is 4.90 Å². The van der Waals surface area contributed by atoms with Crippen LogP contribution in [0, 0.1) is 0 Å². The standard InChI is InChI=1S/C80H77NO2/c1-6-11-18-53-26-30-61-49-65(38-34-57(61)45-53)69-22-16-24-71(75(69)67-40-36-59-47-55(20-13-8-3)28-32-63(59)51-67)73-42-43-74(78-77(73)79(82)81(80(78)83)44-15-10-5)72-25-17-23-70(66-39-35-58-46-54(19-12-7-2)27-31-62(58)50-66)76(72)68-41-37-60-48-56(21-14-9-4)29-33-64(60)52-68/h16-17,22-43,45-52H,6-15,18-21,44H2,1-5H3. The molecule has 2 amide bonds. The van der Waals surface area contributed by atoms with Crippen molar-refractivity contribution >= 4 is 54.9 Å². The van der Waals surface area contributed by atoms with E-state index in [1.54, 1.807) is 0 Å². The van der Waals surface area contributed by atoms with Gasteiger partial charge in [-0.2, -0.15) is 0 Å². The van der Waals surface area contributed by atoms with Gasteiger partial charge in [-0.3, -0.25) is 14.5 Å². The van der Waals surface area contributed by atoms with Gasteiger partial charge in [0.25, 0.3) is 11.8 Å². The Morgan fingerprint density at radius 1 is 0.265 bits per heavy atom. The molecule has 0 N–H and O–H groups in total. The Hall–Kier alpha value is -8.40. The van der Waals surface area contributed by atoms with Crippen LogP contribution in [0.3, 0.4) is 0 Å². The number of imide groups is 1. The van der Waals surface area contributed by atoms with Gasteiger partial charge in [0.1, 0.15) is 0 Å². The van der Waals surface area contributed by atoms with Gasteiger partial charge in [0.05, 0.1) is 11.1 Å². The number of carbonyl (C=O) groups excluding carboxylic acids is 2. The van der Waals surface area contributed by atoms with Gasteiger partial charge in [-0.15, -0.1) is 0 Å². The van der Waals surface area contributed by atoms with Gasteiger partial charge in [0.2, 0.25) is 0 Å². The van der Waals surface area contributed by atoms with Crippen molar-refractivity contribution in [1.29, 1.82) is 0 Å². The predicted molar refractivity (Wildman–Crippen MR) is 354 cm³/mol. The summed E-state index contributed by atoms with van der Waals surface area (Å²) in [5.41, 5.74) is 18.3. The molecular weight excluding hydrogens is 1010 g/mol. The van der Waals surface area contributed by atoms with Gasteiger partial charge in [-0.1, -0.05) is 237 Å². The second kappa shape index (κ2) is 24.6. The summed E-state index contributed by atoms with van der Waals surface area (Å²) in [6.45, 7) is 11.5. The fourth-order valence-electron chi connectivity index (χ4n) is 13.0. The molecule has 3 heteroatoms. The monoisotopic (exact) mass is 1080 g/mol. The molecule has 83 heavy (non-hydrogen) atoms. The molecule has 0 saturated heterocycles. The van der Waals surface area contributed by atoms with Gasteiger partial charge in [-0.25, -0.2) is 0 Å². The predicted octanol–water partition coefficient (Wildman–Crippen LogP) is 22.1. The quantitative estimate of drug-likeness (QED) is 0.0673. The van der Waals surface area contributed by atoms with Crippen LogP contribution in [0.5, 0.6) is 0 Å². The maximum atomic E-state index is 15.6. The number of hydrogen-bond acceptors (Lipinski definition) is 2. The maximum absolute atomic E-state index is 15.6. The normalized spacial score (nSPS) is 12.4.